The number of aliphatic hydroxyl groups is 1. The van der Waals surface area contributed by atoms with E-state index in [1.165, 1.54) is 12.8 Å². The van der Waals surface area contributed by atoms with Gasteiger partial charge in [-0.05, 0) is 37.0 Å². The van der Waals surface area contributed by atoms with Gasteiger partial charge in [0.15, 0.2) is 0 Å². The fraction of sp³-hybridized carbons (Fsp3) is 0.867. The molecule has 0 bridgehead atoms. The summed E-state index contributed by atoms with van der Waals surface area (Å²) in [6.07, 6.45) is 5.28. The van der Waals surface area contributed by atoms with Crippen molar-refractivity contribution in [2.24, 2.45) is 17.8 Å². The number of nitrogens with one attached hydrogen (secondary N) is 1. The Bertz CT molecular complexity index is 273. The van der Waals surface area contributed by atoms with Crippen molar-refractivity contribution >= 4 is 12.4 Å². The number of aliphatic hydroxyl groups excluding tert-OH is 1. The van der Waals surface area contributed by atoms with Gasteiger partial charge in [-0.15, -0.1) is 0 Å². The number of carbonyl (C=O) groups excluding carboxylic acids is 1. The SMILES string of the molecule is CC1CCC(C(C)C)C(O)C1.O=C1CCCN1.O=CO. The molecule has 1 aliphatic carbocycles. The fourth-order valence-corrected chi connectivity index (χ4v) is 2.72. The summed E-state index contributed by atoms with van der Waals surface area (Å²) in [5, 5.41) is 19.3. The zero-order valence-corrected chi connectivity index (χ0v) is 12.8. The van der Waals surface area contributed by atoms with E-state index in [0.717, 1.165) is 31.7 Å². The molecule has 118 valence electrons. The van der Waals surface area contributed by atoms with Crippen LogP contribution < -0.4 is 5.32 Å². The van der Waals surface area contributed by atoms with Crippen LogP contribution in [0.25, 0.3) is 0 Å². The quantitative estimate of drug-likeness (QED) is 0.644. The van der Waals surface area contributed by atoms with Crippen LogP contribution in [-0.2, 0) is 9.59 Å². The van der Waals surface area contributed by atoms with Crippen molar-refractivity contribution in [2.45, 2.75) is 59.0 Å². The molecule has 1 amide bonds. The van der Waals surface area contributed by atoms with Crippen LogP contribution in [0.4, 0.5) is 0 Å². The predicted molar refractivity (Wildman–Crippen MR) is 78.3 cm³/mol. The van der Waals surface area contributed by atoms with E-state index in [1.807, 2.05) is 0 Å². The van der Waals surface area contributed by atoms with Crippen LogP contribution in [0.5, 0.6) is 0 Å². The molecule has 5 heteroatoms. The number of rotatable bonds is 1. The highest BCUT2D eigenvalue weighted by atomic mass is 16.3. The molecule has 3 N–H and O–H groups in total. The third kappa shape index (κ3) is 8.15. The Morgan fingerprint density at radius 3 is 2.25 bits per heavy atom. The van der Waals surface area contributed by atoms with Gasteiger partial charge in [0, 0.05) is 13.0 Å². The average molecular weight is 287 g/mol. The molecule has 2 aliphatic rings. The second-order valence-corrected chi connectivity index (χ2v) is 5.95. The largest absolute Gasteiger partial charge is 0.483 e. The first-order valence-corrected chi connectivity index (χ1v) is 7.45. The van der Waals surface area contributed by atoms with Crippen molar-refractivity contribution in [1.29, 1.82) is 0 Å². The Morgan fingerprint density at radius 2 is 1.95 bits per heavy atom. The molecular formula is C15H29NO4. The van der Waals surface area contributed by atoms with Crippen molar-refractivity contribution in [3.8, 4) is 0 Å². The third-order valence-corrected chi connectivity index (χ3v) is 3.89. The minimum atomic E-state index is -0.250. The molecule has 0 spiro atoms. The summed E-state index contributed by atoms with van der Waals surface area (Å²) >= 11 is 0. The number of hydrogen-bond donors (Lipinski definition) is 3. The molecule has 20 heavy (non-hydrogen) atoms. The lowest BCUT2D eigenvalue weighted by Gasteiger charge is -2.33. The van der Waals surface area contributed by atoms with E-state index < -0.39 is 0 Å². The maximum Gasteiger partial charge on any atom is 0.290 e. The predicted octanol–water partition coefficient (Wildman–Crippen LogP) is 2.04. The van der Waals surface area contributed by atoms with Gasteiger partial charge in [0.2, 0.25) is 5.91 Å². The van der Waals surface area contributed by atoms with Gasteiger partial charge >= 0.3 is 0 Å². The van der Waals surface area contributed by atoms with E-state index in [9.17, 15) is 9.90 Å². The van der Waals surface area contributed by atoms with E-state index in [4.69, 9.17) is 9.90 Å². The van der Waals surface area contributed by atoms with Crippen molar-refractivity contribution in [3.63, 3.8) is 0 Å². The molecule has 0 aromatic heterocycles. The monoisotopic (exact) mass is 287 g/mol. The molecular weight excluding hydrogens is 258 g/mol. The lowest BCUT2D eigenvalue weighted by Crippen LogP contribution is -2.31. The van der Waals surface area contributed by atoms with Crippen LogP contribution in [0.1, 0.15) is 52.9 Å². The van der Waals surface area contributed by atoms with E-state index in [1.54, 1.807) is 0 Å². The summed E-state index contributed by atoms with van der Waals surface area (Å²) in [6.45, 7) is 7.30. The van der Waals surface area contributed by atoms with Crippen molar-refractivity contribution < 1.29 is 19.8 Å². The zero-order valence-electron chi connectivity index (χ0n) is 12.8. The standard InChI is InChI=1S/C10H20O.C4H7NO.CH2O2/c1-7(2)9-5-4-8(3)6-10(9)11;6-4-2-1-3-5-4;2-1-3/h7-11H,4-6H2,1-3H3;1-3H2,(H,5,6);1H,(H,2,3). The molecule has 1 saturated heterocycles. The van der Waals surface area contributed by atoms with Gasteiger partial charge in [-0.3, -0.25) is 9.59 Å². The maximum absolute atomic E-state index is 10.1. The van der Waals surface area contributed by atoms with Crippen molar-refractivity contribution in [3.05, 3.63) is 0 Å². The first kappa shape index (κ1) is 18.9. The Hall–Kier alpha value is -1.10. The molecule has 1 heterocycles. The Kier molecular flexibility index (Phi) is 10.1. The Morgan fingerprint density at radius 1 is 1.35 bits per heavy atom. The lowest BCUT2D eigenvalue weighted by atomic mass is 9.75. The molecule has 0 radical (unpaired) electrons. The first-order chi connectivity index (χ1) is 9.42. The molecule has 1 saturated carbocycles. The molecule has 0 aromatic carbocycles. The van der Waals surface area contributed by atoms with Crippen LogP contribution in [0, 0.1) is 17.8 Å². The van der Waals surface area contributed by atoms with E-state index in [0.29, 0.717) is 11.8 Å². The van der Waals surface area contributed by atoms with Crippen LogP contribution in [-0.4, -0.2) is 35.2 Å². The number of carboxylic acid groups (broad SMARTS) is 1. The van der Waals surface area contributed by atoms with Crippen molar-refractivity contribution in [2.75, 3.05) is 6.54 Å². The van der Waals surface area contributed by atoms with Gasteiger partial charge in [0.1, 0.15) is 0 Å². The topological polar surface area (TPSA) is 86.6 Å². The van der Waals surface area contributed by atoms with E-state index >= 15 is 0 Å². The van der Waals surface area contributed by atoms with Crippen LogP contribution in [0.15, 0.2) is 0 Å². The van der Waals surface area contributed by atoms with Gasteiger partial charge in [-0.2, -0.15) is 0 Å². The lowest BCUT2D eigenvalue weighted by molar-refractivity contribution is -0.123. The Labute approximate surface area is 121 Å². The second-order valence-electron chi connectivity index (χ2n) is 5.95. The third-order valence-electron chi connectivity index (χ3n) is 3.89. The summed E-state index contributed by atoms with van der Waals surface area (Å²) in [5.41, 5.74) is 0. The summed E-state index contributed by atoms with van der Waals surface area (Å²) in [6, 6.07) is 0. The van der Waals surface area contributed by atoms with E-state index in [-0.39, 0.29) is 18.5 Å². The summed E-state index contributed by atoms with van der Waals surface area (Å²) in [5.74, 6) is 2.15. The minimum absolute atomic E-state index is 0.0289. The van der Waals surface area contributed by atoms with Crippen LogP contribution in [0.2, 0.25) is 0 Å². The maximum atomic E-state index is 10.1. The Balaban J connectivity index is 0.000000336. The number of carbonyl (C=O) groups is 2. The van der Waals surface area contributed by atoms with E-state index in [2.05, 4.69) is 26.1 Å². The minimum Gasteiger partial charge on any atom is -0.483 e. The normalized spacial score (nSPS) is 28.6. The zero-order chi connectivity index (χ0) is 15.5. The van der Waals surface area contributed by atoms with Crippen LogP contribution in [0.3, 0.4) is 0 Å². The molecule has 0 aromatic rings. The number of amides is 1. The molecule has 3 atom stereocenters. The van der Waals surface area contributed by atoms with Crippen molar-refractivity contribution in [1.82, 2.24) is 5.32 Å². The molecule has 1 aliphatic heterocycles. The van der Waals surface area contributed by atoms with Gasteiger partial charge in [0.25, 0.3) is 6.47 Å². The highest BCUT2D eigenvalue weighted by Crippen LogP contribution is 2.33. The highest BCUT2D eigenvalue weighted by Gasteiger charge is 2.28. The highest BCUT2D eigenvalue weighted by molar-refractivity contribution is 5.77. The average Bonchev–Trinajstić information content (AvgIpc) is 2.81. The first-order valence-electron chi connectivity index (χ1n) is 7.45. The molecule has 2 rings (SSSR count). The summed E-state index contributed by atoms with van der Waals surface area (Å²) < 4.78 is 0. The summed E-state index contributed by atoms with van der Waals surface area (Å²) in [7, 11) is 0. The van der Waals surface area contributed by atoms with Gasteiger partial charge in [-0.25, -0.2) is 0 Å². The molecule has 2 fully saturated rings. The smallest absolute Gasteiger partial charge is 0.290 e. The number of hydrogen-bond acceptors (Lipinski definition) is 3. The van der Waals surface area contributed by atoms with Gasteiger partial charge in [0.05, 0.1) is 6.10 Å². The fourth-order valence-electron chi connectivity index (χ4n) is 2.72. The second kappa shape index (κ2) is 10.7. The van der Waals surface area contributed by atoms with Gasteiger partial charge in [-0.1, -0.05) is 27.2 Å². The molecule has 3 unspecified atom stereocenters. The van der Waals surface area contributed by atoms with Gasteiger partial charge < -0.3 is 15.5 Å². The summed E-state index contributed by atoms with van der Waals surface area (Å²) in [4.78, 5) is 18.5. The molecule has 5 nitrogen and oxygen atoms in total. The van der Waals surface area contributed by atoms with Crippen LogP contribution >= 0.6 is 0 Å².